The highest BCUT2D eigenvalue weighted by atomic mass is 127. The molecule has 0 fully saturated rings. The smallest absolute Gasteiger partial charge is 0.242 e. The van der Waals surface area contributed by atoms with Crippen molar-refractivity contribution in [2.75, 3.05) is 5.32 Å². The lowest BCUT2D eigenvalue weighted by atomic mass is 10.00. The van der Waals surface area contributed by atoms with Crippen LogP contribution < -0.4 is 5.32 Å². The second-order valence-electron chi connectivity index (χ2n) is 4.48. The van der Waals surface area contributed by atoms with Gasteiger partial charge in [0.15, 0.2) is 0 Å². The van der Waals surface area contributed by atoms with Crippen molar-refractivity contribution in [1.82, 2.24) is 0 Å². The summed E-state index contributed by atoms with van der Waals surface area (Å²) >= 11 is 1.94. The summed E-state index contributed by atoms with van der Waals surface area (Å²) in [4.78, 5) is 12.2. The number of nitriles is 1. The van der Waals surface area contributed by atoms with Crippen molar-refractivity contribution in [2.45, 2.75) is 6.42 Å². The van der Waals surface area contributed by atoms with E-state index in [-0.39, 0.29) is 11.7 Å². The van der Waals surface area contributed by atoms with Crippen LogP contribution in [0.3, 0.4) is 0 Å². The van der Waals surface area contributed by atoms with Gasteiger partial charge >= 0.3 is 0 Å². The highest BCUT2D eigenvalue weighted by Gasteiger charge is 2.19. The summed E-state index contributed by atoms with van der Waals surface area (Å²) in [6.45, 7) is 0. The first-order valence-electron chi connectivity index (χ1n) is 6.29. The van der Waals surface area contributed by atoms with E-state index in [1.54, 1.807) is 0 Å². The summed E-state index contributed by atoms with van der Waals surface area (Å²) in [6.07, 6.45) is 0.348. The monoisotopic (exact) mass is 394 g/mol. The number of halogens is 2. The molecule has 0 saturated heterocycles. The predicted molar refractivity (Wildman–Crippen MR) is 87.0 cm³/mol. The molecule has 3 nitrogen and oxygen atoms in total. The molecule has 106 valence electrons. The molecule has 0 saturated carbocycles. The lowest BCUT2D eigenvalue weighted by Gasteiger charge is -2.11. The van der Waals surface area contributed by atoms with Crippen molar-refractivity contribution in [3.05, 3.63) is 63.5 Å². The first kappa shape index (κ1) is 15.4. The molecular weight excluding hydrogens is 382 g/mol. The van der Waals surface area contributed by atoms with Gasteiger partial charge in [-0.1, -0.05) is 30.3 Å². The van der Waals surface area contributed by atoms with E-state index in [1.165, 1.54) is 18.2 Å². The molecule has 1 N–H and O–H groups in total. The molecule has 1 unspecified atom stereocenters. The fourth-order valence-corrected chi connectivity index (χ4v) is 2.47. The molecule has 5 heteroatoms. The van der Waals surface area contributed by atoms with E-state index >= 15 is 0 Å². The van der Waals surface area contributed by atoms with Crippen LogP contribution in [-0.2, 0) is 11.2 Å². The molecule has 0 radical (unpaired) electrons. The van der Waals surface area contributed by atoms with Crippen LogP contribution in [0.4, 0.5) is 10.1 Å². The van der Waals surface area contributed by atoms with Gasteiger partial charge in [-0.15, -0.1) is 0 Å². The van der Waals surface area contributed by atoms with Crippen molar-refractivity contribution in [2.24, 2.45) is 5.92 Å². The molecule has 0 aliphatic rings. The van der Waals surface area contributed by atoms with E-state index < -0.39 is 5.92 Å². The average Bonchev–Trinajstić information content (AvgIpc) is 2.48. The Labute approximate surface area is 135 Å². The Morgan fingerprint density at radius 1 is 1.29 bits per heavy atom. The van der Waals surface area contributed by atoms with Gasteiger partial charge in [0.2, 0.25) is 5.91 Å². The van der Waals surface area contributed by atoms with E-state index in [4.69, 9.17) is 0 Å². The largest absolute Gasteiger partial charge is 0.324 e. The highest BCUT2D eigenvalue weighted by Crippen LogP contribution is 2.20. The number of nitrogens with one attached hydrogen (secondary N) is 1. The second-order valence-corrected chi connectivity index (χ2v) is 5.65. The molecular formula is C16H12FIN2O. The molecule has 2 aromatic rings. The van der Waals surface area contributed by atoms with Crippen LogP contribution in [0.5, 0.6) is 0 Å². The quantitative estimate of drug-likeness (QED) is 0.804. The third-order valence-corrected chi connectivity index (χ3v) is 3.84. The Hall–Kier alpha value is -1.94. The first-order valence-corrected chi connectivity index (χ1v) is 7.37. The number of hydrogen-bond donors (Lipinski definition) is 1. The molecule has 0 aliphatic carbocycles. The maximum Gasteiger partial charge on any atom is 0.242 e. The number of anilines is 1. The zero-order valence-electron chi connectivity index (χ0n) is 11.0. The number of benzene rings is 2. The summed E-state index contributed by atoms with van der Waals surface area (Å²) in [6, 6.07) is 15.5. The Bertz CT molecular complexity index is 682. The molecule has 2 rings (SSSR count). The fourth-order valence-electron chi connectivity index (χ4n) is 1.86. The lowest BCUT2D eigenvalue weighted by molar-refractivity contribution is -0.118. The Morgan fingerprint density at radius 3 is 2.62 bits per heavy atom. The van der Waals surface area contributed by atoms with Crippen molar-refractivity contribution in [3.63, 3.8) is 0 Å². The van der Waals surface area contributed by atoms with Gasteiger partial charge < -0.3 is 5.32 Å². The van der Waals surface area contributed by atoms with Gasteiger partial charge in [0.05, 0.1) is 11.8 Å². The van der Waals surface area contributed by atoms with E-state index in [2.05, 4.69) is 5.32 Å². The van der Waals surface area contributed by atoms with Gasteiger partial charge in [-0.25, -0.2) is 4.39 Å². The minimum atomic E-state index is -0.784. The Kier molecular flexibility index (Phi) is 5.28. The molecule has 1 amide bonds. The highest BCUT2D eigenvalue weighted by molar-refractivity contribution is 14.1. The SMILES string of the molecule is N#CC(Cc1ccccc1)C(=O)Nc1ccc(F)cc1I. The molecule has 0 aliphatic heterocycles. The van der Waals surface area contributed by atoms with Crippen molar-refractivity contribution >= 4 is 34.2 Å². The van der Waals surface area contributed by atoms with Gasteiger partial charge in [0, 0.05) is 3.57 Å². The minimum absolute atomic E-state index is 0.348. The van der Waals surface area contributed by atoms with Gasteiger partial charge in [0.1, 0.15) is 11.7 Å². The Balaban J connectivity index is 2.09. The molecule has 21 heavy (non-hydrogen) atoms. The van der Waals surface area contributed by atoms with Gasteiger partial charge in [-0.05, 0) is 52.8 Å². The first-order chi connectivity index (χ1) is 10.1. The van der Waals surface area contributed by atoms with Crippen LogP contribution in [0.15, 0.2) is 48.5 Å². The number of carbonyl (C=O) groups is 1. The Morgan fingerprint density at radius 2 is 2.00 bits per heavy atom. The lowest BCUT2D eigenvalue weighted by Crippen LogP contribution is -2.23. The molecule has 1 atom stereocenters. The van der Waals surface area contributed by atoms with E-state index in [0.717, 1.165) is 5.56 Å². The number of rotatable bonds is 4. The van der Waals surface area contributed by atoms with Crippen LogP contribution in [0.1, 0.15) is 5.56 Å². The normalized spacial score (nSPS) is 11.5. The van der Waals surface area contributed by atoms with E-state index in [9.17, 15) is 14.4 Å². The summed E-state index contributed by atoms with van der Waals surface area (Å²) in [5.41, 5.74) is 1.43. The zero-order chi connectivity index (χ0) is 15.2. The maximum atomic E-state index is 13.0. The zero-order valence-corrected chi connectivity index (χ0v) is 13.2. The maximum absolute atomic E-state index is 13.0. The fraction of sp³-hybridized carbons (Fsp3) is 0.125. The predicted octanol–water partition coefficient (Wildman–Crippen LogP) is 3.75. The third kappa shape index (κ3) is 4.26. The van der Waals surface area contributed by atoms with Crippen LogP contribution in [0.25, 0.3) is 0 Å². The summed E-state index contributed by atoms with van der Waals surface area (Å²) in [7, 11) is 0. The van der Waals surface area contributed by atoms with Gasteiger partial charge in [0.25, 0.3) is 0 Å². The molecule has 2 aromatic carbocycles. The summed E-state index contributed by atoms with van der Waals surface area (Å²) in [5.74, 6) is -1.53. The van der Waals surface area contributed by atoms with Gasteiger partial charge in [-0.2, -0.15) is 5.26 Å². The van der Waals surface area contributed by atoms with E-state index in [1.807, 2.05) is 59.0 Å². The topological polar surface area (TPSA) is 52.9 Å². The van der Waals surface area contributed by atoms with Crippen LogP contribution in [0.2, 0.25) is 0 Å². The van der Waals surface area contributed by atoms with Crippen LogP contribution in [0, 0.1) is 26.6 Å². The molecule has 0 bridgehead atoms. The number of amides is 1. The molecule has 0 spiro atoms. The van der Waals surface area contributed by atoms with Crippen molar-refractivity contribution in [3.8, 4) is 6.07 Å². The van der Waals surface area contributed by atoms with Crippen LogP contribution in [-0.4, -0.2) is 5.91 Å². The van der Waals surface area contributed by atoms with Crippen LogP contribution >= 0.6 is 22.6 Å². The van der Waals surface area contributed by atoms with Crippen molar-refractivity contribution in [1.29, 1.82) is 5.26 Å². The van der Waals surface area contributed by atoms with Gasteiger partial charge in [-0.3, -0.25) is 4.79 Å². The summed E-state index contributed by atoms with van der Waals surface area (Å²) < 4.78 is 13.6. The number of hydrogen-bond acceptors (Lipinski definition) is 2. The number of nitrogens with zero attached hydrogens (tertiary/aromatic N) is 1. The minimum Gasteiger partial charge on any atom is -0.324 e. The summed E-state index contributed by atoms with van der Waals surface area (Å²) in [5, 5.41) is 11.8. The second kappa shape index (κ2) is 7.18. The molecule has 0 aromatic heterocycles. The third-order valence-electron chi connectivity index (χ3n) is 2.94. The average molecular weight is 394 g/mol. The molecule has 0 heterocycles. The number of carbonyl (C=O) groups excluding carboxylic acids is 1. The standard InChI is InChI=1S/C16H12FIN2O/c17-13-6-7-15(14(18)9-13)20-16(21)12(10-19)8-11-4-2-1-3-5-11/h1-7,9,12H,8H2,(H,20,21). The van der Waals surface area contributed by atoms with E-state index in [0.29, 0.717) is 15.7 Å². The van der Waals surface area contributed by atoms with Crippen molar-refractivity contribution < 1.29 is 9.18 Å².